The molecule has 103 valence electrons. The highest BCUT2D eigenvalue weighted by atomic mass is 16.5. The molecule has 0 fully saturated rings. The van der Waals surface area contributed by atoms with E-state index in [1.807, 2.05) is 42.5 Å². The first-order valence-electron chi connectivity index (χ1n) is 6.63. The van der Waals surface area contributed by atoms with Crippen molar-refractivity contribution in [2.24, 2.45) is 0 Å². The number of carbonyl (C=O) groups excluding carboxylic acids is 1. The lowest BCUT2D eigenvalue weighted by Crippen LogP contribution is -2.02. The maximum absolute atomic E-state index is 9.97. The zero-order chi connectivity index (χ0) is 14.0. The Balaban J connectivity index is 1.80. The Hall–Kier alpha value is -2.29. The second kappa shape index (κ2) is 8.00. The van der Waals surface area contributed by atoms with Crippen molar-refractivity contribution in [2.45, 2.75) is 12.8 Å². The summed E-state index contributed by atoms with van der Waals surface area (Å²) in [6.07, 6.45) is 1.55. The standard InChI is InChI=1S/C17H17O3/c18-14-19-11-9-16-7-4-8-17(13-16)20-12-10-15-5-2-1-3-6-15/h1-8,13H,9-12H2. The molecule has 2 aromatic carbocycles. The highest BCUT2D eigenvalue weighted by molar-refractivity contribution is 5.38. The average molecular weight is 269 g/mol. The van der Waals surface area contributed by atoms with Crippen LogP contribution in [-0.4, -0.2) is 19.7 Å². The minimum Gasteiger partial charge on any atom is -0.493 e. The zero-order valence-electron chi connectivity index (χ0n) is 11.2. The molecule has 0 N–H and O–H groups in total. The molecule has 0 aliphatic carbocycles. The van der Waals surface area contributed by atoms with Crippen molar-refractivity contribution in [3.63, 3.8) is 0 Å². The third-order valence-corrected chi connectivity index (χ3v) is 2.95. The molecule has 3 heteroatoms. The van der Waals surface area contributed by atoms with Crippen LogP contribution in [0.1, 0.15) is 11.1 Å². The lowest BCUT2D eigenvalue weighted by molar-refractivity contribution is 0.281. The molecule has 0 aliphatic rings. The van der Waals surface area contributed by atoms with E-state index < -0.39 is 0 Å². The highest BCUT2D eigenvalue weighted by Gasteiger charge is 1.98. The van der Waals surface area contributed by atoms with E-state index in [-0.39, 0.29) is 0 Å². The smallest absolute Gasteiger partial charge is 0.417 e. The Bertz CT molecular complexity index is 523. The van der Waals surface area contributed by atoms with Crippen molar-refractivity contribution in [3.8, 4) is 5.75 Å². The molecule has 0 unspecified atom stereocenters. The van der Waals surface area contributed by atoms with Gasteiger partial charge in [-0.05, 0) is 23.3 Å². The van der Waals surface area contributed by atoms with Gasteiger partial charge in [-0.3, -0.25) is 0 Å². The molecule has 20 heavy (non-hydrogen) atoms. The number of benzene rings is 2. The van der Waals surface area contributed by atoms with Gasteiger partial charge in [-0.1, -0.05) is 42.5 Å². The molecule has 0 aliphatic heterocycles. The lowest BCUT2D eigenvalue weighted by atomic mass is 10.1. The van der Waals surface area contributed by atoms with Gasteiger partial charge in [0.05, 0.1) is 13.2 Å². The number of rotatable bonds is 8. The van der Waals surface area contributed by atoms with Gasteiger partial charge in [0.1, 0.15) is 5.75 Å². The molecular weight excluding hydrogens is 252 g/mol. The summed E-state index contributed by atoms with van der Waals surface area (Å²) in [5, 5.41) is 0. The van der Waals surface area contributed by atoms with E-state index in [0.717, 1.165) is 17.7 Å². The molecule has 0 amide bonds. The van der Waals surface area contributed by atoms with Crippen LogP contribution in [0.25, 0.3) is 0 Å². The van der Waals surface area contributed by atoms with Crippen LogP contribution in [0.5, 0.6) is 5.75 Å². The maximum atomic E-state index is 9.97. The average Bonchev–Trinajstić information content (AvgIpc) is 2.49. The summed E-state index contributed by atoms with van der Waals surface area (Å²) in [5.41, 5.74) is 2.34. The van der Waals surface area contributed by atoms with E-state index in [0.29, 0.717) is 19.6 Å². The van der Waals surface area contributed by atoms with Crippen molar-refractivity contribution in [1.82, 2.24) is 0 Å². The van der Waals surface area contributed by atoms with Crippen LogP contribution in [0.3, 0.4) is 0 Å². The fourth-order valence-corrected chi connectivity index (χ4v) is 1.93. The van der Waals surface area contributed by atoms with Crippen molar-refractivity contribution in [3.05, 3.63) is 65.7 Å². The van der Waals surface area contributed by atoms with Crippen LogP contribution in [0, 0.1) is 0 Å². The Morgan fingerprint density at radius 3 is 2.40 bits per heavy atom. The monoisotopic (exact) mass is 269 g/mol. The largest absolute Gasteiger partial charge is 0.493 e. The SMILES string of the molecule is O=[C]OCCc1cccc(OCCc2ccccc2)c1. The van der Waals surface area contributed by atoms with Crippen molar-refractivity contribution in [2.75, 3.05) is 13.2 Å². The third-order valence-electron chi connectivity index (χ3n) is 2.95. The molecule has 0 aromatic heterocycles. The van der Waals surface area contributed by atoms with E-state index in [1.165, 1.54) is 12.0 Å². The number of hydrogen-bond acceptors (Lipinski definition) is 3. The highest BCUT2D eigenvalue weighted by Crippen LogP contribution is 2.14. The fraction of sp³-hybridized carbons (Fsp3) is 0.235. The van der Waals surface area contributed by atoms with Gasteiger partial charge in [-0.15, -0.1) is 0 Å². The summed E-state index contributed by atoms with van der Waals surface area (Å²) < 4.78 is 10.3. The number of hydrogen-bond donors (Lipinski definition) is 0. The van der Waals surface area contributed by atoms with E-state index >= 15 is 0 Å². The second-order valence-electron chi connectivity index (χ2n) is 4.41. The number of ether oxygens (including phenoxy) is 2. The molecule has 0 saturated carbocycles. The van der Waals surface area contributed by atoms with Crippen LogP contribution >= 0.6 is 0 Å². The molecule has 1 radical (unpaired) electrons. The summed E-state index contributed by atoms with van der Waals surface area (Å²) in [5.74, 6) is 0.841. The first kappa shape index (κ1) is 14.1. The van der Waals surface area contributed by atoms with Crippen LogP contribution in [0.4, 0.5) is 0 Å². The minimum absolute atomic E-state index is 0.344. The van der Waals surface area contributed by atoms with E-state index in [4.69, 9.17) is 4.74 Å². The van der Waals surface area contributed by atoms with E-state index in [1.54, 1.807) is 0 Å². The second-order valence-corrected chi connectivity index (χ2v) is 4.41. The quantitative estimate of drug-likeness (QED) is 0.691. The van der Waals surface area contributed by atoms with Crippen molar-refractivity contribution < 1.29 is 14.3 Å². The molecule has 0 atom stereocenters. The molecule has 0 spiro atoms. The molecule has 0 saturated heterocycles. The predicted octanol–water partition coefficient (Wildman–Crippen LogP) is 2.93. The van der Waals surface area contributed by atoms with Crippen molar-refractivity contribution >= 4 is 6.47 Å². The van der Waals surface area contributed by atoms with Gasteiger partial charge in [0.25, 0.3) is 0 Å². The Morgan fingerprint density at radius 2 is 1.60 bits per heavy atom. The minimum atomic E-state index is 0.344. The van der Waals surface area contributed by atoms with Crippen LogP contribution < -0.4 is 4.74 Å². The summed E-state index contributed by atoms with van der Waals surface area (Å²) >= 11 is 0. The summed E-state index contributed by atoms with van der Waals surface area (Å²) in [6.45, 7) is 2.41. The first-order chi connectivity index (χ1) is 9.88. The molecule has 3 nitrogen and oxygen atoms in total. The normalized spacial score (nSPS) is 10.0. The molecular formula is C17H17O3. The Morgan fingerprint density at radius 1 is 0.850 bits per heavy atom. The van der Waals surface area contributed by atoms with Crippen molar-refractivity contribution in [1.29, 1.82) is 0 Å². The third kappa shape index (κ3) is 4.76. The van der Waals surface area contributed by atoms with Gasteiger partial charge >= 0.3 is 6.47 Å². The van der Waals surface area contributed by atoms with Gasteiger partial charge < -0.3 is 9.47 Å². The maximum Gasteiger partial charge on any atom is 0.417 e. The molecule has 0 bridgehead atoms. The van der Waals surface area contributed by atoms with Crippen LogP contribution in [0.2, 0.25) is 0 Å². The molecule has 2 rings (SSSR count). The summed E-state index contributed by atoms with van der Waals surface area (Å²) in [6, 6.07) is 18.1. The van der Waals surface area contributed by atoms with E-state index in [9.17, 15) is 4.79 Å². The predicted molar refractivity (Wildman–Crippen MR) is 77.4 cm³/mol. The van der Waals surface area contributed by atoms with Crippen LogP contribution in [0.15, 0.2) is 54.6 Å². The molecule has 0 heterocycles. The molecule has 2 aromatic rings. The summed E-state index contributed by atoms with van der Waals surface area (Å²) in [4.78, 5) is 9.97. The Labute approximate surface area is 119 Å². The fourth-order valence-electron chi connectivity index (χ4n) is 1.93. The van der Waals surface area contributed by atoms with Crippen LogP contribution in [-0.2, 0) is 22.4 Å². The van der Waals surface area contributed by atoms with Gasteiger partial charge in [0.2, 0.25) is 0 Å². The van der Waals surface area contributed by atoms with E-state index in [2.05, 4.69) is 16.9 Å². The van der Waals surface area contributed by atoms with Gasteiger partial charge in [0, 0.05) is 12.8 Å². The Kier molecular flexibility index (Phi) is 5.65. The lowest BCUT2D eigenvalue weighted by Gasteiger charge is -2.08. The van der Waals surface area contributed by atoms with Gasteiger partial charge in [-0.25, -0.2) is 4.79 Å². The van der Waals surface area contributed by atoms with Gasteiger partial charge in [-0.2, -0.15) is 0 Å². The summed E-state index contributed by atoms with van der Waals surface area (Å²) in [7, 11) is 0. The first-order valence-corrected chi connectivity index (χ1v) is 6.63. The zero-order valence-corrected chi connectivity index (χ0v) is 11.2. The topological polar surface area (TPSA) is 35.5 Å². The van der Waals surface area contributed by atoms with Gasteiger partial charge in [0.15, 0.2) is 0 Å².